The summed E-state index contributed by atoms with van der Waals surface area (Å²) in [5.41, 5.74) is 1.28. The number of nitrogens with zero attached hydrogens (tertiary/aromatic N) is 1. The minimum Gasteiger partial charge on any atom is -0.496 e. The third-order valence-electron chi connectivity index (χ3n) is 5.75. The van der Waals surface area contributed by atoms with Crippen LogP contribution in [0.15, 0.2) is 53.4 Å². The number of pyridine rings is 1. The molecule has 3 aromatic rings. The van der Waals surface area contributed by atoms with E-state index in [-0.39, 0.29) is 10.8 Å². The molecule has 1 fully saturated rings. The van der Waals surface area contributed by atoms with Crippen LogP contribution in [0.1, 0.15) is 30.2 Å². The molecule has 8 heteroatoms. The van der Waals surface area contributed by atoms with Gasteiger partial charge in [-0.2, -0.15) is 0 Å². The van der Waals surface area contributed by atoms with E-state index >= 15 is 0 Å². The summed E-state index contributed by atoms with van der Waals surface area (Å²) in [4.78, 5) is 18.0. The summed E-state index contributed by atoms with van der Waals surface area (Å²) in [6, 6.07) is 13.7. The van der Waals surface area contributed by atoms with Crippen molar-refractivity contribution in [3.05, 3.63) is 65.4 Å². The van der Waals surface area contributed by atoms with Gasteiger partial charge >= 0.3 is 0 Å². The molecule has 1 aromatic heterocycles. The number of carbonyl (C=O) groups excluding carboxylic acids is 1. The van der Waals surface area contributed by atoms with Gasteiger partial charge in [-0.3, -0.25) is 9.78 Å². The fourth-order valence-corrected chi connectivity index (χ4v) is 5.46. The molecule has 0 aliphatic carbocycles. The molecular formula is C24H26N2O5S. The van der Waals surface area contributed by atoms with Gasteiger partial charge in [0.1, 0.15) is 5.75 Å². The largest absolute Gasteiger partial charge is 0.496 e. The zero-order chi connectivity index (χ0) is 23.1. The topological polar surface area (TPSA) is 94.6 Å². The zero-order valence-electron chi connectivity index (χ0n) is 18.5. The summed E-state index contributed by atoms with van der Waals surface area (Å²) in [5, 5.41) is 0.446. The van der Waals surface area contributed by atoms with Crippen molar-refractivity contribution >= 4 is 26.8 Å². The summed E-state index contributed by atoms with van der Waals surface area (Å²) in [5.74, 6) is -0.191. The number of carbonyl (C=O) groups is 1. The predicted molar refractivity (Wildman–Crippen MR) is 121 cm³/mol. The molecule has 0 unspecified atom stereocenters. The molecule has 0 saturated carbocycles. The van der Waals surface area contributed by atoms with Crippen molar-refractivity contribution in [2.24, 2.45) is 5.92 Å². The molecule has 1 aliphatic heterocycles. The average Bonchev–Trinajstić information content (AvgIpc) is 3.15. The number of hydrogen-bond acceptors (Lipinski definition) is 6. The van der Waals surface area contributed by atoms with Crippen LogP contribution in [-0.2, 0) is 25.2 Å². The van der Waals surface area contributed by atoms with Gasteiger partial charge in [0.25, 0.3) is 15.9 Å². The van der Waals surface area contributed by atoms with E-state index in [0.29, 0.717) is 35.2 Å². The lowest BCUT2D eigenvalue weighted by atomic mass is 9.86. The van der Waals surface area contributed by atoms with E-state index in [1.54, 1.807) is 30.3 Å². The van der Waals surface area contributed by atoms with Crippen LogP contribution in [0.3, 0.4) is 0 Å². The summed E-state index contributed by atoms with van der Waals surface area (Å²) in [6.07, 6.45) is 0.338. The quantitative estimate of drug-likeness (QED) is 0.633. The molecule has 4 rings (SSSR count). The Kier molecular flexibility index (Phi) is 5.68. The Labute approximate surface area is 187 Å². The maximum absolute atomic E-state index is 13.6. The van der Waals surface area contributed by atoms with Gasteiger partial charge in [-0.05, 0) is 62.6 Å². The molecule has 7 nitrogen and oxygen atoms in total. The van der Waals surface area contributed by atoms with Crippen molar-refractivity contribution in [1.29, 1.82) is 0 Å². The van der Waals surface area contributed by atoms with Gasteiger partial charge in [-0.1, -0.05) is 24.6 Å². The molecule has 0 radical (unpaired) electrons. The average molecular weight is 455 g/mol. The van der Waals surface area contributed by atoms with Crippen LogP contribution in [0.4, 0.5) is 0 Å². The number of amides is 1. The van der Waals surface area contributed by atoms with E-state index in [1.807, 2.05) is 32.9 Å². The van der Waals surface area contributed by atoms with Crippen molar-refractivity contribution in [2.45, 2.75) is 37.7 Å². The zero-order valence-corrected chi connectivity index (χ0v) is 19.3. The third-order valence-corrected chi connectivity index (χ3v) is 7.14. The second-order valence-corrected chi connectivity index (χ2v) is 10.0. The van der Waals surface area contributed by atoms with Crippen molar-refractivity contribution in [3.8, 4) is 5.75 Å². The molecule has 0 bridgehead atoms. The van der Waals surface area contributed by atoms with Gasteiger partial charge in [-0.15, -0.1) is 0 Å². The van der Waals surface area contributed by atoms with Crippen molar-refractivity contribution < 1.29 is 22.7 Å². The van der Waals surface area contributed by atoms with Gasteiger partial charge in [0, 0.05) is 16.6 Å². The van der Waals surface area contributed by atoms with Gasteiger partial charge < -0.3 is 9.47 Å². The summed E-state index contributed by atoms with van der Waals surface area (Å²) < 4.78 is 40.4. The van der Waals surface area contributed by atoms with Gasteiger partial charge in [0.05, 0.1) is 24.1 Å². The number of hydrogen-bond donors (Lipinski definition) is 1. The van der Waals surface area contributed by atoms with Gasteiger partial charge in [-0.25, -0.2) is 13.1 Å². The molecule has 1 aliphatic rings. The Hall–Kier alpha value is -2.97. The molecule has 32 heavy (non-hydrogen) atoms. The fourth-order valence-electron chi connectivity index (χ4n) is 4.22. The van der Waals surface area contributed by atoms with Crippen LogP contribution in [0.25, 0.3) is 10.9 Å². The van der Waals surface area contributed by atoms with Crippen molar-refractivity contribution in [1.82, 2.24) is 9.71 Å². The lowest BCUT2D eigenvalue weighted by Crippen LogP contribution is -2.46. The standard InChI is InChI=1S/C24H26N2O5S/c1-15-8-11-21(30-4)19(12-15)24(13-16(2)14-31-24)23(27)26-32(28,29)22-7-5-6-20-18(22)10-9-17(3)25-20/h5-12,16H,13-14H2,1-4H3,(H,26,27)/t16-,24-/m1/s1. The highest BCUT2D eigenvalue weighted by Gasteiger charge is 2.50. The Balaban J connectivity index is 1.78. The molecule has 0 spiro atoms. The number of aryl methyl sites for hydroxylation is 2. The van der Waals surface area contributed by atoms with Crippen LogP contribution >= 0.6 is 0 Å². The highest BCUT2D eigenvalue weighted by Crippen LogP contribution is 2.44. The fraction of sp³-hybridized carbons (Fsp3) is 0.333. The lowest BCUT2D eigenvalue weighted by Gasteiger charge is -2.29. The minimum absolute atomic E-state index is 0.00625. The van der Waals surface area contributed by atoms with E-state index < -0.39 is 21.5 Å². The first-order valence-electron chi connectivity index (χ1n) is 10.4. The summed E-state index contributed by atoms with van der Waals surface area (Å²) in [6.45, 7) is 6.03. The van der Waals surface area contributed by atoms with Crippen LogP contribution in [0.2, 0.25) is 0 Å². The van der Waals surface area contributed by atoms with Crippen LogP contribution in [-0.4, -0.2) is 33.0 Å². The molecule has 1 amide bonds. The van der Waals surface area contributed by atoms with E-state index in [2.05, 4.69) is 9.71 Å². The maximum Gasteiger partial charge on any atom is 0.270 e. The number of rotatable bonds is 5. The first-order valence-corrected chi connectivity index (χ1v) is 11.9. The Morgan fingerprint density at radius 3 is 2.66 bits per heavy atom. The van der Waals surface area contributed by atoms with E-state index in [9.17, 15) is 13.2 Å². The molecule has 2 aromatic carbocycles. The molecule has 2 heterocycles. The second kappa shape index (κ2) is 8.18. The monoisotopic (exact) mass is 454 g/mol. The van der Waals surface area contributed by atoms with E-state index in [1.165, 1.54) is 13.2 Å². The molecule has 1 N–H and O–H groups in total. The number of aromatic nitrogens is 1. The van der Waals surface area contributed by atoms with Gasteiger partial charge in [0.2, 0.25) is 0 Å². The first kappa shape index (κ1) is 22.2. The molecular weight excluding hydrogens is 428 g/mol. The minimum atomic E-state index is -4.19. The third kappa shape index (κ3) is 3.84. The number of sulfonamides is 1. The molecule has 1 saturated heterocycles. The lowest BCUT2D eigenvalue weighted by molar-refractivity contribution is -0.140. The first-order chi connectivity index (χ1) is 15.2. The van der Waals surface area contributed by atoms with E-state index in [4.69, 9.17) is 9.47 Å². The molecule has 168 valence electrons. The SMILES string of the molecule is COc1ccc(C)cc1[C@@]1(C(=O)NS(=O)(=O)c2cccc3nc(C)ccc23)C[C@@H](C)CO1. The highest BCUT2D eigenvalue weighted by atomic mass is 32.2. The second-order valence-electron chi connectivity index (χ2n) is 8.36. The van der Waals surface area contributed by atoms with Crippen LogP contribution in [0.5, 0.6) is 5.75 Å². The Morgan fingerprint density at radius 2 is 1.97 bits per heavy atom. The summed E-state index contributed by atoms with van der Waals surface area (Å²) in [7, 11) is -2.68. The number of nitrogens with one attached hydrogen (secondary N) is 1. The van der Waals surface area contributed by atoms with Crippen LogP contribution in [0, 0.1) is 19.8 Å². The normalized spacial score (nSPS) is 20.9. The van der Waals surface area contributed by atoms with Crippen molar-refractivity contribution in [3.63, 3.8) is 0 Å². The highest BCUT2D eigenvalue weighted by molar-refractivity contribution is 7.90. The van der Waals surface area contributed by atoms with E-state index in [0.717, 1.165) is 11.3 Å². The van der Waals surface area contributed by atoms with Crippen LogP contribution < -0.4 is 9.46 Å². The number of fused-ring (bicyclic) bond motifs is 1. The van der Waals surface area contributed by atoms with Gasteiger partial charge in [0.15, 0.2) is 5.60 Å². The smallest absolute Gasteiger partial charge is 0.270 e. The Bertz CT molecular complexity index is 1300. The number of ether oxygens (including phenoxy) is 2. The molecule has 2 atom stereocenters. The predicted octanol–water partition coefficient (Wildman–Crippen LogP) is 3.62. The Morgan fingerprint density at radius 1 is 1.19 bits per heavy atom. The number of benzene rings is 2. The number of methoxy groups -OCH3 is 1. The summed E-state index contributed by atoms with van der Waals surface area (Å²) >= 11 is 0. The maximum atomic E-state index is 13.6. The van der Waals surface area contributed by atoms with Crippen molar-refractivity contribution in [2.75, 3.05) is 13.7 Å².